The Balaban J connectivity index is 1.31. The molecular formula is C26H29N5O3. The van der Waals surface area contributed by atoms with Gasteiger partial charge in [0.15, 0.2) is 11.4 Å². The molecule has 0 aliphatic carbocycles. The van der Waals surface area contributed by atoms with Crippen LogP contribution >= 0.6 is 0 Å². The summed E-state index contributed by atoms with van der Waals surface area (Å²) in [6, 6.07) is 13.7. The highest BCUT2D eigenvalue weighted by Gasteiger charge is 2.25. The smallest absolute Gasteiger partial charge is 0.252 e. The van der Waals surface area contributed by atoms with E-state index in [-0.39, 0.29) is 11.9 Å². The van der Waals surface area contributed by atoms with E-state index in [2.05, 4.69) is 21.4 Å². The topological polar surface area (TPSA) is 85.4 Å². The first-order valence-electron chi connectivity index (χ1n) is 11.6. The lowest BCUT2D eigenvalue weighted by Crippen LogP contribution is -2.44. The van der Waals surface area contributed by atoms with Crippen molar-refractivity contribution < 1.29 is 13.9 Å². The number of rotatable bonds is 6. The normalized spacial score (nSPS) is 15.0. The van der Waals surface area contributed by atoms with Crippen LogP contribution in [-0.4, -0.2) is 51.8 Å². The van der Waals surface area contributed by atoms with E-state index in [4.69, 9.17) is 14.1 Å². The number of piperidine rings is 1. The maximum atomic E-state index is 13.4. The number of methoxy groups -OCH3 is 1. The van der Waals surface area contributed by atoms with Crippen LogP contribution in [0, 0.1) is 6.92 Å². The van der Waals surface area contributed by atoms with Crippen molar-refractivity contribution in [2.45, 2.75) is 32.4 Å². The van der Waals surface area contributed by atoms with Gasteiger partial charge in [0.05, 0.1) is 30.0 Å². The van der Waals surface area contributed by atoms with Crippen LogP contribution in [0.1, 0.15) is 34.5 Å². The number of benzene rings is 1. The Morgan fingerprint density at radius 3 is 2.74 bits per heavy atom. The minimum Gasteiger partial charge on any atom is -0.496 e. The quantitative estimate of drug-likeness (QED) is 0.470. The highest BCUT2D eigenvalue weighted by molar-refractivity contribution is 6.07. The lowest BCUT2D eigenvalue weighted by molar-refractivity contribution is 0.0910. The average Bonchev–Trinajstić information content (AvgIpc) is 3.48. The van der Waals surface area contributed by atoms with Gasteiger partial charge in [-0.25, -0.2) is 4.98 Å². The Hall–Kier alpha value is -3.65. The molecule has 176 valence electrons. The second-order valence-corrected chi connectivity index (χ2v) is 8.78. The van der Waals surface area contributed by atoms with Crippen molar-refractivity contribution in [1.29, 1.82) is 0 Å². The van der Waals surface area contributed by atoms with Crippen LogP contribution in [0.4, 0.5) is 0 Å². The number of carbonyl (C=O) groups excluding carboxylic acids is 1. The third-order valence-electron chi connectivity index (χ3n) is 6.50. The number of nitrogens with zero attached hydrogens (tertiary/aromatic N) is 4. The minimum atomic E-state index is -0.0977. The van der Waals surface area contributed by atoms with E-state index in [1.54, 1.807) is 18.1 Å². The number of carbonyl (C=O) groups is 1. The van der Waals surface area contributed by atoms with Gasteiger partial charge in [0.2, 0.25) is 0 Å². The van der Waals surface area contributed by atoms with Crippen LogP contribution in [0.2, 0.25) is 0 Å². The van der Waals surface area contributed by atoms with Gasteiger partial charge in [0.25, 0.3) is 5.91 Å². The fourth-order valence-electron chi connectivity index (χ4n) is 4.75. The zero-order chi connectivity index (χ0) is 23.7. The van der Waals surface area contributed by atoms with Crippen molar-refractivity contribution in [2.24, 2.45) is 7.05 Å². The van der Waals surface area contributed by atoms with Crippen molar-refractivity contribution in [2.75, 3.05) is 20.2 Å². The molecule has 1 aliphatic rings. The van der Waals surface area contributed by atoms with Crippen molar-refractivity contribution in [3.05, 3.63) is 65.5 Å². The molecule has 0 saturated carbocycles. The van der Waals surface area contributed by atoms with E-state index in [0.29, 0.717) is 22.7 Å². The van der Waals surface area contributed by atoms with Crippen LogP contribution in [0.5, 0.6) is 5.75 Å². The van der Waals surface area contributed by atoms with Crippen LogP contribution in [0.3, 0.4) is 0 Å². The van der Waals surface area contributed by atoms with E-state index < -0.39 is 0 Å². The summed E-state index contributed by atoms with van der Waals surface area (Å²) in [5, 5.41) is 8.53. The number of furan rings is 1. The highest BCUT2D eigenvalue weighted by Crippen LogP contribution is 2.28. The number of aromatic nitrogens is 3. The largest absolute Gasteiger partial charge is 0.496 e. The van der Waals surface area contributed by atoms with Gasteiger partial charge >= 0.3 is 0 Å². The minimum absolute atomic E-state index is 0.0977. The molecule has 0 atom stereocenters. The van der Waals surface area contributed by atoms with Gasteiger partial charge in [-0.15, -0.1) is 0 Å². The third-order valence-corrected chi connectivity index (χ3v) is 6.50. The number of ether oxygens (including phenoxy) is 1. The maximum Gasteiger partial charge on any atom is 0.252 e. The van der Waals surface area contributed by atoms with Crippen LogP contribution in [0.25, 0.3) is 22.5 Å². The molecule has 4 aromatic rings. The number of hydrogen-bond donors (Lipinski definition) is 1. The van der Waals surface area contributed by atoms with Crippen LogP contribution in [0.15, 0.2) is 53.1 Å². The first kappa shape index (κ1) is 22.2. The summed E-state index contributed by atoms with van der Waals surface area (Å²) in [6.45, 7) is 4.58. The molecule has 1 saturated heterocycles. The second kappa shape index (κ2) is 9.30. The summed E-state index contributed by atoms with van der Waals surface area (Å²) in [6.07, 6.45) is 3.40. The Bertz CT molecular complexity index is 1300. The molecule has 5 rings (SSSR count). The Morgan fingerprint density at radius 1 is 1.21 bits per heavy atom. The number of aryl methyl sites for hydroxylation is 2. The average molecular weight is 460 g/mol. The lowest BCUT2D eigenvalue weighted by Gasteiger charge is -2.32. The molecule has 1 aromatic carbocycles. The van der Waals surface area contributed by atoms with E-state index in [1.807, 2.05) is 50.4 Å². The van der Waals surface area contributed by atoms with Gasteiger partial charge in [-0.1, -0.05) is 18.2 Å². The van der Waals surface area contributed by atoms with E-state index in [0.717, 1.165) is 49.3 Å². The van der Waals surface area contributed by atoms with E-state index >= 15 is 0 Å². The second-order valence-electron chi connectivity index (χ2n) is 8.78. The lowest BCUT2D eigenvalue weighted by atomic mass is 10.0. The van der Waals surface area contributed by atoms with E-state index in [1.165, 1.54) is 5.56 Å². The van der Waals surface area contributed by atoms with Crippen LogP contribution in [-0.2, 0) is 13.6 Å². The van der Waals surface area contributed by atoms with Gasteiger partial charge in [-0.3, -0.25) is 14.4 Å². The molecule has 1 fully saturated rings. The maximum absolute atomic E-state index is 13.4. The Labute approximate surface area is 198 Å². The van der Waals surface area contributed by atoms with E-state index in [9.17, 15) is 4.79 Å². The summed E-state index contributed by atoms with van der Waals surface area (Å²) in [4.78, 5) is 20.5. The number of fused-ring (bicyclic) bond motifs is 1. The fraction of sp³-hybridized carbons (Fsp3) is 0.346. The zero-order valence-electron chi connectivity index (χ0n) is 19.7. The molecule has 8 heteroatoms. The zero-order valence-corrected chi connectivity index (χ0v) is 19.7. The van der Waals surface area contributed by atoms with Crippen molar-refractivity contribution in [3.8, 4) is 17.2 Å². The molecule has 34 heavy (non-hydrogen) atoms. The molecule has 1 N–H and O–H groups in total. The molecule has 3 aromatic heterocycles. The molecule has 0 radical (unpaired) electrons. The summed E-state index contributed by atoms with van der Waals surface area (Å²) in [5.74, 6) is 1.44. The first-order valence-corrected chi connectivity index (χ1v) is 11.6. The molecule has 1 amide bonds. The summed E-state index contributed by atoms with van der Waals surface area (Å²) in [7, 11) is 3.55. The number of nitrogens with one attached hydrogen (secondary N) is 1. The first-order chi connectivity index (χ1) is 16.5. The summed E-state index contributed by atoms with van der Waals surface area (Å²) >= 11 is 0. The fourth-order valence-corrected chi connectivity index (χ4v) is 4.75. The van der Waals surface area contributed by atoms with Crippen LogP contribution < -0.4 is 10.1 Å². The summed E-state index contributed by atoms with van der Waals surface area (Å²) in [5.41, 5.74) is 3.84. The number of pyridine rings is 1. The third kappa shape index (κ3) is 4.28. The van der Waals surface area contributed by atoms with Gasteiger partial charge in [0.1, 0.15) is 11.4 Å². The molecule has 4 heterocycles. The molecular weight excluding hydrogens is 430 g/mol. The standard InChI is InChI=1S/C26H29N5O3/c1-17-24-20(15-21(23-9-6-14-34-23)28-25(24)30(2)29-17)26(32)27-19-10-12-31(13-11-19)16-18-7-4-5-8-22(18)33-3/h4-9,14-15,19H,10-13,16H2,1-3H3,(H,27,32). The molecule has 0 unspecified atom stereocenters. The van der Waals surface area contributed by atoms with Crippen molar-refractivity contribution in [3.63, 3.8) is 0 Å². The number of hydrogen-bond acceptors (Lipinski definition) is 6. The Morgan fingerprint density at radius 2 is 2.00 bits per heavy atom. The monoisotopic (exact) mass is 459 g/mol. The van der Waals surface area contributed by atoms with Gasteiger partial charge in [-0.2, -0.15) is 5.10 Å². The molecule has 0 spiro atoms. The van der Waals surface area contributed by atoms with Gasteiger partial charge < -0.3 is 14.5 Å². The van der Waals surface area contributed by atoms with Crippen molar-refractivity contribution in [1.82, 2.24) is 25.0 Å². The van der Waals surface area contributed by atoms with Crippen molar-refractivity contribution >= 4 is 16.9 Å². The predicted octanol–water partition coefficient (Wildman–Crippen LogP) is 3.94. The molecule has 0 bridgehead atoms. The Kier molecular flexibility index (Phi) is 6.06. The number of amides is 1. The summed E-state index contributed by atoms with van der Waals surface area (Å²) < 4.78 is 12.7. The highest BCUT2D eigenvalue weighted by atomic mass is 16.5. The SMILES string of the molecule is COc1ccccc1CN1CCC(NC(=O)c2cc(-c3ccco3)nc3c2c(C)nn3C)CC1. The number of para-hydroxylation sites is 1. The van der Waals surface area contributed by atoms with Gasteiger partial charge in [-0.05, 0) is 44.0 Å². The van der Waals surface area contributed by atoms with Gasteiger partial charge in [0, 0.05) is 38.3 Å². The molecule has 8 nitrogen and oxygen atoms in total. The predicted molar refractivity (Wildman–Crippen MR) is 130 cm³/mol. The number of likely N-dealkylation sites (tertiary alicyclic amines) is 1. The molecule has 1 aliphatic heterocycles.